The Kier molecular flexibility index (Phi) is 8.75. The summed E-state index contributed by atoms with van der Waals surface area (Å²) in [6.45, 7) is 8.68. The van der Waals surface area contributed by atoms with Gasteiger partial charge in [0.05, 0.1) is 11.7 Å². The van der Waals surface area contributed by atoms with Crippen LogP contribution in [0.5, 0.6) is 0 Å². The minimum atomic E-state index is -0.483. The number of amides is 1. The fraction of sp³-hybridized carbons (Fsp3) is 0.367. The molecule has 1 unspecified atom stereocenters. The fourth-order valence-corrected chi connectivity index (χ4v) is 5.78. The van der Waals surface area contributed by atoms with E-state index in [9.17, 15) is 14.4 Å². The third-order valence-corrected chi connectivity index (χ3v) is 7.97. The zero-order valence-corrected chi connectivity index (χ0v) is 24.4. The predicted molar refractivity (Wildman–Crippen MR) is 161 cm³/mol. The number of aromatic nitrogens is 4. The second kappa shape index (κ2) is 12.6. The first-order valence-electron chi connectivity index (χ1n) is 14.0. The van der Waals surface area contributed by atoms with E-state index in [-0.39, 0.29) is 23.4 Å². The van der Waals surface area contributed by atoms with Gasteiger partial charge in [-0.1, -0.05) is 37.3 Å². The van der Waals surface area contributed by atoms with E-state index in [1.807, 2.05) is 75.4 Å². The molecule has 41 heavy (non-hydrogen) atoms. The van der Waals surface area contributed by atoms with Crippen molar-refractivity contribution >= 4 is 33.8 Å². The van der Waals surface area contributed by atoms with E-state index in [4.69, 9.17) is 0 Å². The van der Waals surface area contributed by atoms with Crippen molar-refractivity contribution in [2.24, 2.45) is 0 Å². The van der Waals surface area contributed by atoms with Gasteiger partial charge in [0.2, 0.25) is 5.91 Å². The van der Waals surface area contributed by atoms with E-state index in [1.54, 1.807) is 16.3 Å². The Hall–Kier alpha value is -4.09. The van der Waals surface area contributed by atoms with Crippen LogP contribution in [-0.2, 0) is 4.79 Å². The van der Waals surface area contributed by atoms with Crippen LogP contribution in [0.1, 0.15) is 61.7 Å². The molecule has 0 radical (unpaired) electrons. The van der Waals surface area contributed by atoms with Gasteiger partial charge in [-0.25, -0.2) is 19.0 Å². The number of piperazine rings is 1. The van der Waals surface area contributed by atoms with Crippen LogP contribution in [0.15, 0.2) is 71.1 Å². The maximum Gasteiger partial charge on any atom is 0.350 e. The van der Waals surface area contributed by atoms with Gasteiger partial charge in [0.15, 0.2) is 10.9 Å². The van der Waals surface area contributed by atoms with Gasteiger partial charge in [-0.05, 0) is 50.1 Å². The highest BCUT2D eigenvalue weighted by Gasteiger charge is 2.31. The number of nitrogens with one attached hydrogen (secondary N) is 1. The van der Waals surface area contributed by atoms with Gasteiger partial charge in [-0.15, -0.1) is 11.3 Å². The lowest BCUT2D eigenvalue weighted by Crippen LogP contribution is -2.50. The van der Waals surface area contributed by atoms with E-state index in [2.05, 4.69) is 25.2 Å². The second-order valence-corrected chi connectivity index (χ2v) is 11.2. The molecule has 0 bridgehead atoms. The molecule has 1 amide bonds. The molecule has 1 fully saturated rings. The first-order chi connectivity index (χ1) is 19.9. The first kappa shape index (κ1) is 28.4. The van der Waals surface area contributed by atoms with E-state index in [0.29, 0.717) is 30.3 Å². The number of carbonyl (C=O) groups excluding carboxylic acids is 2. The average molecular weight is 574 g/mol. The van der Waals surface area contributed by atoms with Crippen LogP contribution in [0.2, 0.25) is 0 Å². The first-order valence-corrected chi connectivity index (χ1v) is 14.8. The van der Waals surface area contributed by atoms with Gasteiger partial charge >= 0.3 is 5.69 Å². The largest absolute Gasteiger partial charge is 0.369 e. The summed E-state index contributed by atoms with van der Waals surface area (Å²) in [5, 5.41) is 9.32. The van der Waals surface area contributed by atoms with Crippen LogP contribution >= 0.6 is 11.3 Å². The Morgan fingerprint density at radius 1 is 0.976 bits per heavy atom. The molecule has 10 nitrogen and oxygen atoms in total. The quantitative estimate of drug-likeness (QED) is 0.277. The molecule has 11 heteroatoms. The topological polar surface area (TPSA) is 105 Å². The number of rotatable bonds is 10. The summed E-state index contributed by atoms with van der Waals surface area (Å²) >= 11 is 1.27. The lowest BCUT2D eigenvalue weighted by molar-refractivity contribution is -0.121. The molecule has 1 saturated heterocycles. The molecule has 0 saturated carbocycles. The molecule has 4 aromatic rings. The van der Waals surface area contributed by atoms with E-state index >= 15 is 0 Å². The standard InChI is InChI=1S/C30H35N7O3S/c1-4-8-26(38)25-19-41-29(32-25)33-28(39)27(22-9-6-5-7-10-22)35-17-15-34(16-18-35)23-11-13-24(14-12-23)36-20-31-37(21(2)3)30(36)40/h5-7,9-14,19-21,27H,4,8,15-18H2,1-3H3,(H,32,33,39). The number of hydrogen-bond donors (Lipinski definition) is 1. The maximum absolute atomic E-state index is 13.6. The van der Waals surface area contributed by atoms with Crippen molar-refractivity contribution in [3.05, 3.63) is 88.0 Å². The number of carbonyl (C=O) groups is 2. The lowest BCUT2D eigenvalue weighted by Gasteiger charge is -2.39. The summed E-state index contributed by atoms with van der Waals surface area (Å²) < 4.78 is 3.02. The third kappa shape index (κ3) is 6.31. The molecule has 1 atom stereocenters. The SMILES string of the molecule is CCCC(=O)c1csc(NC(=O)C(c2ccccc2)N2CCN(c3ccc(-n4cnn(C(C)C)c4=O)cc3)CC2)n1. The maximum atomic E-state index is 13.6. The van der Waals surface area contributed by atoms with Gasteiger partial charge < -0.3 is 10.2 Å². The zero-order valence-electron chi connectivity index (χ0n) is 23.6. The molecular weight excluding hydrogens is 538 g/mol. The Labute approximate surface area is 243 Å². The minimum absolute atomic E-state index is 0.00449. The van der Waals surface area contributed by atoms with Crippen molar-refractivity contribution in [2.45, 2.75) is 45.7 Å². The highest BCUT2D eigenvalue weighted by molar-refractivity contribution is 7.14. The monoisotopic (exact) mass is 573 g/mol. The molecule has 2 aromatic heterocycles. The molecule has 1 aliphatic heterocycles. The molecule has 5 rings (SSSR count). The molecule has 2 aromatic carbocycles. The molecule has 0 spiro atoms. The number of nitrogens with zero attached hydrogens (tertiary/aromatic N) is 6. The van der Waals surface area contributed by atoms with Crippen molar-refractivity contribution < 1.29 is 9.59 Å². The molecule has 214 valence electrons. The lowest BCUT2D eigenvalue weighted by atomic mass is 10.0. The summed E-state index contributed by atoms with van der Waals surface area (Å²) in [6.07, 6.45) is 2.76. The number of anilines is 2. The van der Waals surface area contributed by atoms with Crippen molar-refractivity contribution in [2.75, 3.05) is 36.4 Å². The molecule has 1 aliphatic rings. The fourth-order valence-electron chi connectivity index (χ4n) is 5.06. The van der Waals surface area contributed by atoms with Gasteiger partial charge in [0.25, 0.3) is 0 Å². The Balaban J connectivity index is 1.27. The summed E-state index contributed by atoms with van der Waals surface area (Å²) in [4.78, 5) is 47.3. The van der Waals surface area contributed by atoms with Gasteiger partial charge in [0, 0.05) is 43.7 Å². The minimum Gasteiger partial charge on any atom is -0.369 e. The number of Topliss-reactive ketones (excluding diaryl/α,β-unsaturated/α-hetero) is 1. The van der Waals surface area contributed by atoms with E-state index in [0.717, 1.165) is 36.4 Å². The van der Waals surface area contributed by atoms with Crippen LogP contribution in [0.25, 0.3) is 5.69 Å². The molecule has 3 heterocycles. The third-order valence-electron chi connectivity index (χ3n) is 7.22. The summed E-state index contributed by atoms with van der Waals surface area (Å²) in [5.74, 6) is -0.170. The Morgan fingerprint density at radius 3 is 2.29 bits per heavy atom. The van der Waals surface area contributed by atoms with Crippen molar-refractivity contribution in [1.29, 1.82) is 0 Å². The summed E-state index contributed by atoms with van der Waals surface area (Å²) in [6, 6.07) is 17.2. The number of thiazole rings is 1. The average Bonchev–Trinajstić information content (AvgIpc) is 3.61. The summed E-state index contributed by atoms with van der Waals surface area (Å²) in [7, 11) is 0. The van der Waals surface area contributed by atoms with Gasteiger partial charge in [-0.2, -0.15) is 5.10 Å². The predicted octanol–water partition coefficient (Wildman–Crippen LogP) is 4.56. The Bertz CT molecular complexity index is 1530. The van der Waals surface area contributed by atoms with Crippen molar-refractivity contribution in [3.63, 3.8) is 0 Å². The van der Waals surface area contributed by atoms with Gasteiger partial charge in [-0.3, -0.25) is 14.5 Å². The number of ketones is 1. The van der Waals surface area contributed by atoms with E-state index in [1.165, 1.54) is 16.0 Å². The van der Waals surface area contributed by atoms with Crippen LogP contribution < -0.4 is 15.9 Å². The zero-order chi connectivity index (χ0) is 28.9. The van der Waals surface area contributed by atoms with Crippen LogP contribution in [-0.4, -0.2) is 62.1 Å². The van der Waals surface area contributed by atoms with Crippen LogP contribution in [0, 0.1) is 0 Å². The Morgan fingerprint density at radius 2 is 1.66 bits per heavy atom. The highest BCUT2D eigenvalue weighted by Crippen LogP contribution is 2.27. The molecular formula is C30H35N7O3S. The highest BCUT2D eigenvalue weighted by atomic mass is 32.1. The smallest absolute Gasteiger partial charge is 0.350 e. The molecule has 1 N–H and O–H groups in total. The molecule has 0 aliphatic carbocycles. The summed E-state index contributed by atoms with van der Waals surface area (Å²) in [5.41, 5.74) is 2.99. The van der Waals surface area contributed by atoms with Crippen LogP contribution in [0.4, 0.5) is 10.8 Å². The second-order valence-electron chi connectivity index (χ2n) is 10.4. The number of hydrogen-bond acceptors (Lipinski definition) is 8. The van der Waals surface area contributed by atoms with E-state index < -0.39 is 6.04 Å². The van der Waals surface area contributed by atoms with Crippen molar-refractivity contribution in [1.82, 2.24) is 24.2 Å². The van der Waals surface area contributed by atoms with Crippen LogP contribution in [0.3, 0.4) is 0 Å². The van der Waals surface area contributed by atoms with Crippen molar-refractivity contribution in [3.8, 4) is 5.69 Å². The van der Waals surface area contributed by atoms with Gasteiger partial charge in [0.1, 0.15) is 18.1 Å². The number of benzene rings is 2. The normalized spacial score (nSPS) is 14.8.